The number of nitrogens with zero attached hydrogens (tertiary/aromatic N) is 1. The molecule has 8 heteroatoms. The van der Waals surface area contributed by atoms with E-state index in [1.54, 1.807) is 0 Å². The number of nitrogens with one attached hydrogen (secondary N) is 2. The lowest BCUT2D eigenvalue weighted by molar-refractivity contribution is 0.235. The number of aryl methyl sites for hydroxylation is 1. The largest absolute Gasteiger partial charge is 0.464 e. The number of sulfonamides is 1. The van der Waals surface area contributed by atoms with Crippen LogP contribution in [0, 0.1) is 6.92 Å². The molecule has 1 aromatic heterocycles. The summed E-state index contributed by atoms with van der Waals surface area (Å²) in [5.74, 6) is 1.49. The summed E-state index contributed by atoms with van der Waals surface area (Å²) in [7, 11) is -1.65. The summed E-state index contributed by atoms with van der Waals surface area (Å²) in [5.41, 5.74) is 0. The van der Waals surface area contributed by atoms with Gasteiger partial charge in [0.2, 0.25) is 10.0 Å². The molecule has 1 aromatic rings. The van der Waals surface area contributed by atoms with Gasteiger partial charge in [-0.3, -0.25) is 0 Å². The molecule has 0 aliphatic rings. The van der Waals surface area contributed by atoms with Crippen LogP contribution in [0.15, 0.2) is 16.5 Å². The molecule has 2 N–H and O–H groups in total. The number of carbonyl (C=O) groups is 1. The van der Waals surface area contributed by atoms with Gasteiger partial charge < -0.3 is 15.1 Å². The van der Waals surface area contributed by atoms with Crippen molar-refractivity contribution in [2.45, 2.75) is 26.3 Å². The second-order valence-corrected chi connectivity index (χ2v) is 7.10. The summed E-state index contributed by atoms with van der Waals surface area (Å²) in [4.78, 5) is 11.7. The Labute approximate surface area is 125 Å². The zero-order valence-corrected chi connectivity index (χ0v) is 13.7. The molecule has 0 saturated heterocycles. The van der Waals surface area contributed by atoms with Crippen molar-refractivity contribution in [3.63, 3.8) is 0 Å². The van der Waals surface area contributed by atoms with Gasteiger partial charge >= 0.3 is 6.03 Å². The van der Waals surface area contributed by atoms with E-state index in [1.165, 1.54) is 11.4 Å². The monoisotopic (exact) mass is 317 g/mol. The maximum absolute atomic E-state index is 11.7. The molecule has 0 radical (unpaired) electrons. The van der Waals surface area contributed by atoms with Gasteiger partial charge in [0.05, 0.1) is 12.3 Å². The van der Waals surface area contributed by atoms with Gasteiger partial charge in [-0.1, -0.05) is 0 Å². The van der Waals surface area contributed by atoms with Gasteiger partial charge in [-0.15, -0.1) is 0 Å². The lowest BCUT2D eigenvalue weighted by Crippen LogP contribution is -2.38. The highest BCUT2D eigenvalue weighted by Crippen LogP contribution is 2.15. The van der Waals surface area contributed by atoms with Crippen LogP contribution in [-0.2, 0) is 10.0 Å². The predicted octanol–water partition coefficient (Wildman–Crippen LogP) is 1.23. The van der Waals surface area contributed by atoms with Crippen molar-refractivity contribution in [3.05, 3.63) is 23.7 Å². The van der Waals surface area contributed by atoms with E-state index in [-0.39, 0.29) is 12.1 Å². The van der Waals surface area contributed by atoms with Crippen molar-refractivity contribution in [1.82, 2.24) is 14.9 Å². The molecule has 1 atom stereocenters. The van der Waals surface area contributed by atoms with Crippen LogP contribution >= 0.6 is 0 Å². The summed E-state index contributed by atoms with van der Waals surface area (Å²) in [6.07, 6.45) is 1.70. The molecule has 1 unspecified atom stereocenters. The van der Waals surface area contributed by atoms with Crippen LogP contribution in [0.3, 0.4) is 0 Å². The van der Waals surface area contributed by atoms with Crippen molar-refractivity contribution in [3.8, 4) is 0 Å². The van der Waals surface area contributed by atoms with E-state index in [0.717, 1.165) is 12.0 Å². The van der Waals surface area contributed by atoms with Crippen LogP contribution in [0.25, 0.3) is 0 Å². The summed E-state index contributed by atoms with van der Waals surface area (Å²) in [5, 5.41) is 5.44. The quantitative estimate of drug-likeness (QED) is 0.740. The molecule has 2 amide bonds. The van der Waals surface area contributed by atoms with Gasteiger partial charge in [0.25, 0.3) is 0 Å². The molecule has 1 rings (SSSR count). The Balaban J connectivity index is 2.26. The average Bonchev–Trinajstić information content (AvgIpc) is 2.80. The molecule has 0 aliphatic heterocycles. The lowest BCUT2D eigenvalue weighted by Gasteiger charge is -2.15. The van der Waals surface area contributed by atoms with Gasteiger partial charge in [0.15, 0.2) is 0 Å². The normalized spacial score (nSPS) is 13.2. The summed E-state index contributed by atoms with van der Waals surface area (Å²) >= 11 is 0. The van der Waals surface area contributed by atoms with Crippen molar-refractivity contribution in [2.24, 2.45) is 0 Å². The van der Waals surface area contributed by atoms with E-state index in [2.05, 4.69) is 10.6 Å². The number of furan rings is 1. The van der Waals surface area contributed by atoms with Gasteiger partial charge in [0.1, 0.15) is 11.5 Å². The SMILES string of the molecule is Cc1ccc(C(C)NC(=O)NCCCN(C)S(C)(=O)=O)o1. The Hall–Kier alpha value is -1.54. The first kappa shape index (κ1) is 17.5. The zero-order chi connectivity index (χ0) is 16.0. The van der Waals surface area contributed by atoms with Gasteiger partial charge in [-0.2, -0.15) is 0 Å². The molecule has 1 heterocycles. The van der Waals surface area contributed by atoms with Gasteiger partial charge in [0, 0.05) is 20.1 Å². The Bertz CT molecular complexity index is 568. The van der Waals surface area contributed by atoms with E-state index < -0.39 is 10.0 Å². The minimum absolute atomic E-state index is 0.225. The third kappa shape index (κ3) is 6.17. The topological polar surface area (TPSA) is 91.7 Å². The second kappa shape index (κ2) is 7.46. The third-order valence-corrected chi connectivity index (χ3v) is 4.35. The van der Waals surface area contributed by atoms with Crippen LogP contribution in [0.2, 0.25) is 0 Å². The van der Waals surface area contributed by atoms with Crippen LogP contribution in [0.4, 0.5) is 4.79 Å². The smallest absolute Gasteiger partial charge is 0.315 e. The van der Waals surface area contributed by atoms with Gasteiger partial charge in [-0.25, -0.2) is 17.5 Å². The third-order valence-electron chi connectivity index (χ3n) is 3.04. The Morgan fingerprint density at radius 3 is 2.62 bits per heavy atom. The number of urea groups is 1. The van der Waals surface area contributed by atoms with Crippen LogP contribution < -0.4 is 10.6 Å². The maximum atomic E-state index is 11.7. The second-order valence-electron chi connectivity index (χ2n) is 5.01. The van der Waals surface area contributed by atoms with E-state index in [9.17, 15) is 13.2 Å². The maximum Gasteiger partial charge on any atom is 0.315 e. The van der Waals surface area contributed by atoms with E-state index in [0.29, 0.717) is 25.3 Å². The molecule has 7 nitrogen and oxygen atoms in total. The number of hydrogen-bond donors (Lipinski definition) is 2. The molecular weight excluding hydrogens is 294 g/mol. The fourth-order valence-corrected chi connectivity index (χ4v) is 2.14. The standard InChI is InChI=1S/C13H23N3O4S/c1-10-6-7-12(20-10)11(2)15-13(17)14-8-5-9-16(3)21(4,18)19/h6-7,11H,5,8-9H2,1-4H3,(H2,14,15,17). The van der Waals surface area contributed by atoms with Crippen LogP contribution in [0.1, 0.15) is 30.9 Å². The first-order valence-electron chi connectivity index (χ1n) is 6.72. The number of rotatable bonds is 7. The van der Waals surface area contributed by atoms with Crippen molar-refractivity contribution in [1.29, 1.82) is 0 Å². The van der Waals surface area contributed by atoms with Crippen LogP contribution in [-0.4, -0.2) is 45.1 Å². The highest BCUT2D eigenvalue weighted by atomic mass is 32.2. The number of amides is 2. The van der Waals surface area contributed by atoms with E-state index in [1.807, 2.05) is 26.0 Å². The molecule has 0 fully saturated rings. The van der Waals surface area contributed by atoms with Gasteiger partial charge in [-0.05, 0) is 32.4 Å². The average molecular weight is 317 g/mol. The lowest BCUT2D eigenvalue weighted by atomic mass is 10.2. The summed E-state index contributed by atoms with van der Waals surface area (Å²) in [6.45, 7) is 4.44. The Kier molecular flexibility index (Phi) is 6.22. The van der Waals surface area contributed by atoms with Crippen LogP contribution in [0.5, 0.6) is 0 Å². The zero-order valence-electron chi connectivity index (χ0n) is 12.8. The highest BCUT2D eigenvalue weighted by Gasteiger charge is 2.13. The van der Waals surface area contributed by atoms with E-state index in [4.69, 9.17) is 4.42 Å². The molecule has 0 saturated carbocycles. The van der Waals surface area contributed by atoms with Crippen molar-refractivity contribution < 1.29 is 17.6 Å². The molecule has 0 bridgehead atoms. The van der Waals surface area contributed by atoms with E-state index >= 15 is 0 Å². The minimum atomic E-state index is -3.16. The summed E-state index contributed by atoms with van der Waals surface area (Å²) < 4.78 is 29.0. The molecule has 0 spiro atoms. The minimum Gasteiger partial charge on any atom is -0.464 e. The molecule has 0 aromatic carbocycles. The number of carbonyl (C=O) groups excluding carboxylic acids is 1. The first-order valence-corrected chi connectivity index (χ1v) is 8.57. The highest BCUT2D eigenvalue weighted by molar-refractivity contribution is 7.88. The number of hydrogen-bond acceptors (Lipinski definition) is 4. The Morgan fingerprint density at radius 2 is 2.10 bits per heavy atom. The molecule has 21 heavy (non-hydrogen) atoms. The first-order chi connectivity index (χ1) is 9.70. The van der Waals surface area contributed by atoms with Crippen molar-refractivity contribution >= 4 is 16.1 Å². The van der Waals surface area contributed by atoms with Crippen molar-refractivity contribution in [2.75, 3.05) is 26.4 Å². The molecule has 0 aliphatic carbocycles. The predicted molar refractivity (Wildman–Crippen MR) is 80.5 cm³/mol. The molecular formula is C13H23N3O4S. The fourth-order valence-electron chi connectivity index (χ4n) is 1.67. The summed E-state index contributed by atoms with van der Waals surface area (Å²) in [6, 6.07) is 3.13. The Morgan fingerprint density at radius 1 is 1.43 bits per heavy atom. The molecule has 120 valence electrons. The fraction of sp³-hybridized carbons (Fsp3) is 0.615.